The molecule has 0 saturated carbocycles. The summed E-state index contributed by atoms with van der Waals surface area (Å²) in [5.74, 6) is 1.41. The molecule has 0 aliphatic rings. The van der Waals surface area contributed by atoms with E-state index in [2.05, 4.69) is 15.5 Å². The van der Waals surface area contributed by atoms with Gasteiger partial charge in [0.15, 0.2) is 0 Å². The number of hydrogen-bond acceptors (Lipinski definition) is 5. The Kier molecular flexibility index (Phi) is 6.19. The summed E-state index contributed by atoms with van der Waals surface area (Å²) < 4.78 is 5.30. The van der Waals surface area contributed by atoms with Crippen molar-refractivity contribution in [3.05, 3.63) is 64.5 Å². The molecule has 0 spiro atoms. The molecule has 1 heterocycles. The number of aromatic nitrogens is 2. The molecule has 3 rings (SSSR count). The van der Waals surface area contributed by atoms with Crippen LogP contribution in [0.25, 0.3) is 11.4 Å². The molecule has 1 aromatic heterocycles. The molecule has 0 aliphatic carbocycles. The molecule has 140 valence electrons. The number of benzene rings is 2. The third-order valence-electron chi connectivity index (χ3n) is 4.13. The standard InChI is InChI=1S/C20H20ClN3O2S/c1-12-7-9-15(10-8-12)19-23-18(26-24-19)11-27-14(3)20(25)22-17-6-4-5-16(21)13(17)2/h4-10,14H,11H2,1-3H3,(H,22,25). The predicted molar refractivity (Wildman–Crippen MR) is 110 cm³/mol. The number of carbonyl (C=O) groups excluding carboxylic acids is 1. The van der Waals surface area contributed by atoms with Gasteiger partial charge < -0.3 is 9.84 Å². The van der Waals surface area contributed by atoms with Gasteiger partial charge in [0.25, 0.3) is 0 Å². The summed E-state index contributed by atoms with van der Waals surface area (Å²) >= 11 is 7.53. The minimum absolute atomic E-state index is 0.0939. The molecule has 0 bridgehead atoms. The minimum Gasteiger partial charge on any atom is -0.338 e. The molecule has 1 atom stereocenters. The largest absolute Gasteiger partial charge is 0.338 e. The second-order valence-corrected chi connectivity index (χ2v) is 7.97. The number of aryl methyl sites for hydroxylation is 1. The summed E-state index contributed by atoms with van der Waals surface area (Å²) in [5.41, 5.74) is 3.65. The fourth-order valence-corrected chi connectivity index (χ4v) is 3.28. The van der Waals surface area contributed by atoms with E-state index in [0.29, 0.717) is 22.5 Å². The van der Waals surface area contributed by atoms with E-state index in [-0.39, 0.29) is 11.2 Å². The first-order chi connectivity index (χ1) is 12.9. The van der Waals surface area contributed by atoms with Crippen LogP contribution in [0.5, 0.6) is 0 Å². The van der Waals surface area contributed by atoms with Crippen LogP contribution in [0, 0.1) is 13.8 Å². The van der Waals surface area contributed by atoms with Crippen molar-refractivity contribution in [1.29, 1.82) is 0 Å². The number of nitrogens with one attached hydrogen (secondary N) is 1. The van der Waals surface area contributed by atoms with E-state index < -0.39 is 0 Å². The Morgan fingerprint density at radius 1 is 1.22 bits per heavy atom. The lowest BCUT2D eigenvalue weighted by Gasteiger charge is -2.13. The second kappa shape index (κ2) is 8.59. The number of anilines is 1. The van der Waals surface area contributed by atoms with Crippen molar-refractivity contribution in [1.82, 2.24) is 10.1 Å². The highest BCUT2D eigenvalue weighted by Crippen LogP contribution is 2.25. The zero-order chi connectivity index (χ0) is 19.4. The summed E-state index contributed by atoms with van der Waals surface area (Å²) in [6, 6.07) is 13.4. The average Bonchev–Trinajstić information content (AvgIpc) is 3.13. The number of halogens is 1. The maximum Gasteiger partial charge on any atom is 0.237 e. The second-order valence-electron chi connectivity index (χ2n) is 6.23. The van der Waals surface area contributed by atoms with Crippen LogP contribution in [0.3, 0.4) is 0 Å². The molecular formula is C20H20ClN3O2S. The number of carbonyl (C=O) groups is 1. The van der Waals surface area contributed by atoms with Gasteiger partial charge >= 0.3 is 0 Å². The third kappa shape index (κ3) is 4.90. The Morgan fingerprint density at radius 2 is 1.96 bits per heavy atom. The summed E-state index contributed by atoms with van der Waals surface area (Å²) in [6.45, 7) is 5.75. The van der Waals surface area contributed by atoms with Crippen LogP contribution in [0.4, 0.5) is 5.69 Å². The number of amides is 1. The van der Waals surface area contributed by atoms with Crippen LogP contribution < -0.4 is 5.32 Å². The lowest BCUT2D eigenvalue weighted by molar-refractivity contribution is -0.115. The van der Waals surface area contributed by atoms with E-state index in [1.165, 1.54) is 17.3 Å². The fourth-order valence-electron chi connectivity index (χ4n) is 2.38. The monoisotopic (exact) mass is 401 g/mol. The quantitative estimate of drug-likeness (QED) is 0.609. The molecule has 7 heteroatoms. The van der Waals surface area contributed by atoms with Crippen LogP contribution >= 0.6 is 23.4 Å². The Bertz CT molecular complexity index is 941. The van der Waals surface area contributed by atoms with E-state index in [1.54, 1.807) is 6.07 Å². The smallest absolute Gasteiger partial charge is 0.237 e. The van der Waals surface area contributed by atoms with Crippen molar-refractivity contribution >= 4 is 35.0 Å². The van der Waals surface area contributed by atoms with E-state index in [9.17, 15) is 4.79 Å². The first kappa shape index (κ1) is 19.5. The van der Waals surface area contributed by atoms with Gasteiger partial charge in [0.2, 0.25) is 17.6 Å². The topological polar surface area (TPSA) is 68.0 Å². The van der Waals surface area contributed by atoms with E-state index in [4.69, 9.17) is 16.1 Å². The molecule has 0 aliphatic heterocycles. The predicted octanol–water partition coefficient (Wildman–Crippen LogP) is 5.27. The first-order valence-corrected chi connectivity index (χ1v) is 9.94. The molecule has 1 unspecified atom stereocenters. The van der Waals surface area contributed by atoms with Crippen LogP contribution in [-0.4, -0.2) is 21.3 Å². The van der Waals surface area contributed by atoms with Crippen molar-refractivity contribution < 1.29 is 9.32 Å². The summed E-state index contributed by atoms with van der Waals surface area (Å²) in [4.78, 5) is 16.8. The summed E-state index contributed by atoms with van der Waals surface area (Å²) in [5, 5.41) is 7.27. The normalized spacial score (nSPS) is 12.0. The van der Waals surface area contributed by atoms with Crippen molar-refractivity contribution in [3.8, 4) is 11.4 Å². The lowest BCUT2D eigenvalue weighted by atomic mass is 10.1. The SMILES string of the molecule is Cc1ccc(-c2noc(CSC(C)C(=O)Nc3cccc(Cl)c3C)n2)cc1. The third-order valence-corrected chi connectivity index (χ3v) is 5.67. The summed E-state index contributed by atoms with van der Waals surface area (Å²) in [6.07, 6.45) is 0. The molecule has 0 radical (unpaired) electrons. The number of nitrogens with zero attached hydrogens (tertiary/aromatic N) is 2. The molecule has 5 nitrogen and oxygen atoms in total. The highest BCUT2D eigenvalue weighted by Gasteiger charge is 2.17. The van der Waals surface area contributed by atoms with Crippen LogP contribution in [-0.2, 0) is 10.5 Å². The van der Waals surface area contributed by atoms with Crippen LogP contribution in [0.15, 0.2) is 47.0 Å². The molecule has 1 N–H and O–H groups in total. The Balaban J connectivity index is 1.57. The van der Waals surface area contributed by atoms with Gasteiger partial charge in [-0.3, -0.25) is 4.79 Å². The van der Waals surface area contributed by atoms with Crippen molar-refractivity contribution in [2.45, 2.75) is 31.8 Å². The number of rotatable bonds is 6. The van der Waals surface area contributed by atoms with Crippen molar-refractivity contribution in [2.24, 2.45) is 0 Å². The zero-order valence-corrected chi connectivity index (χ0v) is 16.9. The molecule has 1 amide bonds. The molecule has 0 fully saturated rings. The van der Waals surface area contributed by atoms with Gasteiger partial charge in [0.05, 0.1) is 11.0 Å². The maximum absolute atomic E-state index is 12.4. The van der Waals surface area contributed by atoms with Crippen molar-refractivity contribution in [2.75, 3.05) is 5.32 Å². The molecule has 0 saturated heterocycles. The number of thioether (sulfide) groups is 1. The van der Waals surface area contributed by atoms with Crippen LogP contribution in [0.2, 0.25) is 5.02 Å². The van der Waals surface area contributed by atoms with E-state index >= 15 is 0 Å². The van der Waals surface area contributed by atoms with Gasteiger partial charge in [0, 0.05) is 16.3 Å². The molecule has 3 aromatic rings. The molecule has 2 aromatic carbocycles. The van der Waals surface area contributed by atoms with Gasteiger partial charge in [-0.2, -0.15) is 4.98 Å². The maximum atomic E-state index is 12.4. The van der Waals surface area contributed by atoms with Gasteiger partial charge in [-0.15, -0.1) is 11.8 Å². The van der Waals surface area contributed by atoms with Gasteiger partial charge in [-0.1, -0.05) is 52.7 Å². The highest BCUT2D eigenvalue weighted by atomic mass is 35.5. The number of hydrogen-bond donors (Lipinski definition) is 1. The Labute approximate surface area is 167 Å². The van der Waals surface area contributed by atoms with Crippen LogP contribution in [0.1, 0.15) is 23.9 Å². The first-order valence-electron chi connectivity index (χ1n) is 8.51. The minimum atomic E-state index is -0.280. The van der Waals surface area contributed by atoms with Crippen molar-refractivity contribution in [3.63, 3.8) is 0 Å². The molecule has 27 heavy (non-hydrogen) atoms. The summed E-state index contributed by atoms with van der Waals surface area (Å²) in [7, 11) is 0. The zero-order valence-electron chi connectivity index (χ0n) is 15.3. The highest BCUT2D eigenvalue weighted by molar-refractivity contribution is 7.99. The lowest BCUT2D eigenvalue weighted by Crippen LogP contribution is -2.23. The van der Waals surface area contributed by atoms with E-state index in [0.717, 1.165) is 16.8 Å². The van der Waals surface area contributed by atoms with Gasteiger partial charge in [-0.05, 0) is 38.5 Å². The van der Waals surface area contributed by atoms with Gasteiger partial charge in [0.1, 0.15) is 0 Å². The fraction of sp³-hybridized carbons (Fsp3) is 0.250. The Hall–Kier alpha value is -2.31. The average molecular weight is 402 g/mol. The van der Waals surface area contributed by atoms with E-state index in [1.807, 2.05) is 57.2 Å². The Morgan fingerprint density at radius 3 is 2.70 bits per heavy atom. The van der Waals surface area contributed by atoms with Gasteiger partial charge in [-0.25, -0.2) is 0 Å². The molecular weight excluding hydrogens is 382 g/mol.